The van der Waals surface area contributed by atoms with Crippen molar-refractivity contribution in [2.45, 2.75) is 56.0 Å². The van der Waals surface area contributed by atoms with Crippen molar-refractivity contribution >= 4 is 11.9 Å². The number of ether oxygens (including phenoxy) is 1. The van der Waals surface area contributed by atoms with Crippen LogP contribution >= 0.6 is 0 Å². The van der Waals surface area contributed by atoms with Crippen LogP contribution in [0.4, 0.5) is 4.79 Å². The summed E-state index contributed by atoms with van der Waals surface area (Å²) in [6, 6.07) is 0.304. The summed E-state index contributed by atoms with van der Waals surface area (Å²) < 4.78 is 5.73. The molecule has 0 saturated carbocycles. The molecule has 0 aromatic carbocycles. The lowest BCUT2D eigenvalue weighted by Crippen LogP contribution is -2.71. The number of carbonyl (C=O) groups is 2. The van der Waals surface area contributed by atoms with Crippen LogP contribution in [0, 0.1) is 5.92 Å². The van der Waals surface area contributed by atoms with Crippen molar-refractivity contribution in [1.82, 2.24) is 20.4 Å². The molecule has 7 nitrogen and oxygen atoms in total. The molecule has 25 heavy (non-hydrogen) atoms. The van der Waals surface area contributed by atoms with Gasteiger partial charge in [0.2, 0.25) is 5.91 Å². The Labute approximate surface area is 148 Å². The van der Waals surface area contributed by atoms with Crippen molar-refractivity contribution in [3.05, 3.63) is 12.2 Å². The number of amides is 3. The lowest BCUT2D eigenvalue weighted by atomic mass is 9.71. The van der Waals surface area contributed by atoms with Crippen LogP contribution in [0.3, 0.4) is 0 Å². The third kappa shape index (κ3) is 2.93. The van der Waals surface area contributed by atoms with Crippen molar-refractivity contribution in [3.8, 4) is 0 Å². The summed E-state index contributed by atoms with van der Waals surface area (Å²) in [6.07, 6.45) is 8.18. The number of piperidine rings is 1. The minimum absolute atomic E-state index is 0.115. The fourth-order valence-electron chi connectivity index (χ4n) is 5.28. The van der Waals surface area contributed by atoms with Gasteiger partial charge in [0.15, 0.2) is 0 Å². The SMILES string of the molecule is CN(C)C/C=C/C(=O)N1C2CCC1CC1(C2)NC(=O)N[C@H]2OCC[C@H]21. The minimum Gasteiger partial charge on any atom is -0.358 e. The summed E-state index contributed by atoms with van der Waals surface area (Å²) in [7, 11) is 3.98. The number of hydrogen-bond donors (Lipinski definition) is 2. The zero-order valence-electron chi connectivity index (χ0n) is 15.0. The molecule has 0 aliphatic carbocycles. The van der Waals surface area contributed by atoms with Crippen molar-refractivity contribution in [1.29, 1.82) is 0 Å². The first kappa shape index (κ1) is 16.8. The van der Waals surface area contributed by atoms with Crippen LogP contribution in [0.2, 0.25) is 0 Å². The number of rotatable bonds is 3. The van der Waals surface area contributed by atoms with Gasteiger partial charge in [-0.15, -0.1) is 0 Å². The van der Waals surface area contributed by atoms with Gasteiger partial charge in [0.1, 0.15) is 6.23 Å². The summed E-state index contributed by atoms with van der Waals surface area (Å²) >= 11 is 0. The molecule has 0 aromatic heterocycles. The standard InChI is InChI=1S/C18H28N4O3/c1-21(2)8-3-4-15(23)22-12-5-6-13(22)11-18(10-12)14-7-9-25-16(14)19-17(24)20-18/h3-4,12-14,16H,5-11H2,1-2H3,(H2,19,20,24)/b4-3+/t12?,13?,14-,16+,18?/m1/s1. The highest BCUT2D eigenvalue weighted by atomic mass is 16.5. The first-order chi connectivity index (χ1) is 12.0. The van der Waals surface area contributed by atoms with E-state index in [0.29, 0.717) is 12.5 Å². The van der Waals surface area contributed by atoms with Crippen molar-refractivity contribution in [2.24, 2.45) is 5.92 Å². The molecule has 4 aliphatic heterocycles. The number of hydrogen-bond acceptors (Lipinski definition) is 4. The van der Waals surface area contributed by atoms with Crippen LogP contribution in [0.15, 0.2) is 12.2 Å². The molecule has 4 rings (SSSR count). The zero-order valence-corrected chi connectivity index (χ0v) is 15.0. The van der Waals surface area contributed by atoms with Crippen LogP contribution in [0.1, 0.15) is 32.1 Å². The van der Waals surface area contributed by atoms with E-state index in [-0.39, 0.29) is 35.8 Å². The van der Waals surface area contributed by atoms with Crippen LogP contribution in [0.5, 0.6) is 0 Å². The second kappa shape index (κ2) is 6.29. The number of fused-ring (bicyclic) bond motifs is 4. The molecule has 0 aromatic rings. The number of likely N-dealkylation sites (N-methyl/N-ethyl adjacent to an activating group) is 1. The third-order valence-corrected chi connectivity index (χ3v) is 6.24. The number of nitrogens with one attached hydrogen (secondary N) is 2. The molecule has 3 amide bonds. The van der Waals surface area contributed by atoms with Crippen LogP contribution < -0.4 is 10.6 Å². The van der Waals surface area contributed by atoms with E-state index in [4.69, 9.17) is 4.74 Å². The predicted molar refractivity (Wildman–Crippen MR) is 92.8 cm³/mol. The topological polar surface area (TPSA) is 73.9 Å². The average molecular weight is 348 g/mol. The van der Waals surface area contributed by atoms with E-state index in [1.165, 1.54) is 0 Å². The molecule has 138 valence electrons. The van der Waals surface area contributed by atoms with Crippen LogP contribution in [-0.2, 0) is 9.53 Å². The Hall–Kier alpha value is -1.60. The normalized spacial score (nSPS) is 39.8. The molecule has 4 fully saturated rings. The molecule has 7 heteroatoms. The molecule has 0 radical (unpaired) electrons. The van der Waals surface area contributed by atoms with Crippen molar-refractivity contribution < 1.29 is 14.3 Å². The molecule has 2 bridgehead atoms. The Morgan fingerprint density at radius 2 is 2.04 bits per heavy atom. The van der Waals surface area contributed by atoms with Gasteiger partial charge in [0, 0.05) is 37.2 Å². The Balaban J connectivity index is 1.50. The lowest BCUT2D eigenvalue weighted by Gasteiger charge is -2.52. The first-order valence-electron chi connectivity index (χ1n) is 9.32. The van der Waals surface area contributed by atoms with Crippen molar-refractivity contribution in [2.75, 3.05) is 27.2 Å². The van der Waals surface area contributed by atoms with Gasteiger partial charge in [-0.05, 0) is 46.2 Å². The Morgan fingerprint density at radius 1 is 1.32 bits per heavy atom. The maximum absolute atomic E-state index is 12.7. The molecule has 2 N–H and O–H groups in total. The van der Waals surface area contributed by atoms with E-state index in [2.05, 4.69) is 15.5 Å². The van der Waals surface area contributed by atoms with Gasteiger partial charge in [0.25, 0.3) is 0 Å². The summed E-state index contributed by atoms with van der Waals surface area (Å²) in [5.74, 6) is 0.415. The number of carbonyl (C=O) groups excluding carboxylic acids is 2. The summed E-state index contributed by atoms with van der Waals surface area (Å²) in [6.45, 7) is 1.46. The smallest absolute Gasteiger partial charge is 0.317 e. The quantitative estimate of drug-likeness (QED) is 0.736. The second-order valence-electron chi connectivity index (χ2n) is 8.14. The highest BCUT2D eigenvalue weighted by Gasteiger charge is 2.58. The molecule has 1 spiro atoms. The number of urea groups is 1. The zero-order chi connectivity index (χ0) is 17.6. The van der Waals surface area contributed by atoms with Crippen molar-refractivity contribution in [3.63, 3.8) is 0 Å². The van der Waals surface area contributed by atoms with E-state index in [9.17, 15) is 9.59 Å². The number of nitrogens with zero attached hydrogens (tertiary/aromatic N) is 2. The largest absolute Gasteiger partial charge is 0.358 e. The minimum atomic E-state index is -0.223. The van der Waals surface area contributed by atoms with E-state index >= 15 is 0 Å². The van der Waals surface area contributed by atoms with Gasteiger partial charge >= 0.3 is 6.03 Å². The maximum atomic E-state index is 12.7. The van der Waals surface area contributed by atoms with Gasteiger partial charge in [-0.3, -0.25) is 4.79 Å². The molecular weight excluding hydrogens is 320 g/mol. The van der Waals surface area contributed by atoms with E-state index in [1.807, 2.05) is 25.1 Å². The van der Waals surface area contributed by atoms with E-state index < -0.39 is 0 Å². The third-order valence-electron chi connectivity index (χ3n) is 6.24. The van der Waals surface area contributed by atoms with E-state index in [1.54, 1.807) is 6.08 Å². The van der Waals surface area contributed by atoms with Gasteiger partial charge in [-0.2, -0.15) is 0 Å². The lowest BCUT2D eigenvalue weighted by molar-refractivity contribution is -0.132. The molecule has 4 atom stereocenters. The van der Waals surface area contributed by atoms with Crippen LogP contribution in [-0.4, -0.2) is 72.8 Å². The highest BCUT2D eigenvalue weighted by molar-refractivity contribution is 5.88. The van der Waals surface area contributed by atoms with Gasteiger partial charge in [-0.25, -0.2) is 4.79 Å². The van der Waals surface area contributed by atoms with Gasteiger partial charge < -0.3 is 25.2 Å². The second-order valence-corrected chi connectivity index (χ2v) is 8.14. The molecular formula is C18H28N4O3. The molecule has 4 heterocycles. The van der Waals surface area contributed by atoms with E-state index in [0.717, 1.165) is 38.6 Å². The van der Waals surface area contributed by atoms with Gasteiger partial charge in [0.05, 0.1) is 5.54 Å². The van der Waals surface area contributed by atoms with Crippen LogP contribution in [0.25, 0.3) is 0 Å². The molecule has 4 saturated heterocycles. The first-order valence-corrected chi connectivity index (χ1v) is 9.32. The Kier molecular flexibility index (Phi) is 4.24. The summed E-state index contributed by atoms with van der Waals surface area (Å²) in [5.41, 5.74) is -0.223. The summed E-state index contributed by atoms with van der Waals surface area (Å²) in [5, 5.41) is 6.13. The summed E-state index contributed by atoms with van der Waals surface area (Å²) in [4.78, 5) is 28.9. The highest BCUT2D eigenvalue weighted by Crippen LogP contribution is 2.48. The predicted octanol–water partition coefficient (Wildman–Crippen LogP) is 0.672. The van der Waals surface area contributed by atoms with Gasteiger partial charge in [-0.1, -0.05) is 6.08 Å². The Morgan fingerprint density at radius 3 is 2.72 bits per heavy atom. The fourth-order valence-corrected chi connectivity index (χ4v) is 5.28. The molecule has 2 unspecified atom stereocenters. The molecule has 4 aliphatic rings. The monoisotopic (exact) mass is 348 g/mol. The average Bonchev–Trinajstić information content (AvgIpc) is 3.10. The fraction of sp³-hybridized carbons (Fsp3) is 0.778. The maximum Gasteiger partial charge on any atom is 0.317 e. The Bertz CT molecular complexity index is 577.